The van der Waals surface area contributed by atoms with E-state index >= 15 is 0 Å². The van der Waals surface area contributed by atoms with Crippen LogP contribution in [-0.4, -0.2) is 11.0 Å². The molecule has 0 bridgehead atoms. The number of esters is 1. The topological polar surface area (TPSA) is 39.2 Å². The fourth-order valence-corrected chi connectivity index (χ4v) is 3.55. The summed E-state index contributed by atoms with van der Waals surface area (Å²) in [6, 6.07) is 6.01. The summed E-state index contributed by atoms with van der Waals surface area (Å²) in [5.74, 6) is -1.50. The van der Waals surface area contributed by atoms with Crippen molar-refractivity contribution in [3.05, 3.63) is 62.5 Å². The first-order valence-electron chi connectivity index (χ1n) is 6.23. The third-order valence-electron chi connectivity index (χ3n) is 2.84. The smallest absolute Gasteiger partial charge is 0.343 e. The molecule has 112 valence electrons. The lowest BCUT2D eigenvalue weighted by molar-refractivity contribution is 0.0463. The molecule has 1 aromatic carbocycles. The molecule has 0 atom stereocenters. The Balaban J connectivity index is 1.69. The van der Waals surface area contributed by atoms with Gasteiger partial charge in [-0.3, -0.25) is 0 Å². The maximum absolute atomic E-state index is 13.6. The average molecular weight is 354 g/mol. The van der Waals surface area contributed by atoms with Gasteiger partial charge in [-0.15, -0.1) is 11.3 Å². The van der Waals surface area contributed by atoms with Crippen molar-refractivity contribution in [2.75, 3.05) is 0 Å². The first-order valence-corrected chi connectivity index (χ1v) is 8.43. The molecule has 0 aliphatic rings. The van der Waals surface area contributed by atoms with Crippen LogP contribution < -0.4 is 0 Å². The number of thiophene rings is 1. The molecule has 0 aliphatic carbocycles. The monoisotopic (exact) mass is 353 g/mol. The molecule has 0 spiro atoms. The van der Waals surface area contributed by atoms with Crippen molar-refractivity contribution in [1.82, 2.24) is 4.98 Å². The number of carbonyl (C=O) groups excluding carboxylic acids is 1. The minimum Gasteiger partial charge on any atom is -0.455 e. The fourth-order valence-electron chi connectivity index (χ4n) is 1.80. The minimum absolute atomic E-state index is 0.0237. The Bertz CT molecular complexity index is 781. The van der Waals surface area contributed by atoms with Crippen LogP contribution in [0.25, 0.3) is 10.6 Å². The number of benzene rings is 1. The zero-order chi connectivity index (χ0) is 15.5. The van der Waals surface area contributed by atoms with Crippen LogP contribution in [0.1, 0.15) is 16.1 Å². The quantitative estimate of drug-likeness (QED) is 0.618. The number of hydrogen-bond donors (Lipinski definition) is 0. The molecule has 0 saturated carbocycles. The van der Waals surface area contributed by atoms with E-state index in [-0.39, 0.29) is 17.2 Å². The van der Waals surface area contributed by atoms with Gasteiger partial charge in [0.15, 0.2) is 0 Å². The number of halogens is 2. The van der Waals surface area contributed by atoms with Crippen LogP contribution in [0.2, 0.25) is 5.02 Å². The maximum Gasteiger partial charge on any atom is 0.343 e. The van der Waals surface area contributed by atoms with E-state index < -0.39 is 11.8 Å². The number of ether oxygens (including phenoxy) is 1. The first-order chi connectivity index (χ1) is 10.6. The van der Waals surface area contributed by atoms with Crippen LogP contribution in [0.3, 0.4) is 0 Å². The van der Waals surface area contributed by atoms with E-state index in [1.54, 1.807) is 11.3 Å². The highest BCUT2D eigenvalue weighted by atomic mass is 35.5. The molecule has 0 saturated heterocycles. The van der Waals surface area contributed by atoms with Gasteiger partial charge in [0.1, 0.15) is 23.0 Å². The Labute approximate surface area is 139 Å². The van der Waals surface area contributed by atoms with Crippen molar-refractivity contribution in [2.24, 2.45) is 0 Å². The second-order valence-corrected chi connectivity index (χ2v) is 6.37. The van der Waals surface area contributed by atoms with Gasteiger partial charge in [-0.25, -0.2) is 14.2 Å². The van der Waals surface area contributed by atoms with Crippen LogP contribution in [0.5, 0.6) is 0 Å². The van der Waals surface area contributed by atoms with E-state index in [0.29, 0.717) is 5.69 Å². The molecule has 0 N–H and O–H groups in total. The minimum atomic E-state index is -0.798. The second kappa shape index (κ2) is 6.56. The molecule has 0 fully saturated rings. The van der Waals surface area contributed by atoms with Gasteiger partial charge in [0, 0.05) is 16.3 Å². The Hall–Kier alpha value is -1.76. The molecule has 2 aromatic heterocycles. The zero-order valence-electron chi connectivity index (χ0n) is 11.1. The highest BCUT2D eigenvalue weighted by Gasteiger charge is 2.17. The van der Waals surface area contributed by atoms with Crippen molar-refractivity contribution < 1.29 is 13.9 Å². The van der Waals surface area contributed by atoms with Crippen LogP contribution >= 0.6 is 34.3 Å². The maximum atomic E-state index is 13.6. The van der Waals surface area contributed by atoms with Gasteiger partial charge < -0.3 is 4.74 Å². The Morgan fingerprint density at radius 1 is 1.32 bits per heavy atom. The molecule has 0 amide bonds. The van der Waals surface area contributed by atoms with Crippen molar-refractivity contribution >= 4 is 40.2 Å². The second-order valence-electron chi connectivity index (χ2n) is 4.33. The average Bonchev–Trinajstić information content (AvgIpc) is 3.16. The van der Waals surface area contributed by atoms with Crippen molar-refractivity contribution in [2.45, 2.75) is 6.61 Å². The zero-order valence-corrected chi connectivity index (χ0v) is 13.5. The summed E-state index contributed by atoms with van der Waals surface area (Å²) in [7, 11) is 0. The summed E-state index contributed by atoms with van der Waals surface area (Å²) in [4.78, 5) is 16.3. The SMILES string of the molecule is O=C(OCc1csc(-c2ccsc2)n1)c1c(F)cccc1Cl. The molecule has 3 aromatic rings. The number of rotatable bonds is 4. The van der Waals surface area contributed by atoms with E-state index in [2.05, 4.69) is 4.98 Å². The normalized spacial score (nSPS) is 10.6. The highest BCUT2D eigenvalue weighted by molar-refractivity contribution is 7.14. The van der Waals surface area contributed by atoms with Crippen LogP contribution in [0.15, 0.2) is 40.4 Å². The molecule has 22 heavy (non-hydrogen) atoms. The molecular formula is C15H9ClFNO2S2. The Morgan fingerprint density at radius 3 is 2.91 bits per heavy atom. The number of aromatic nitrogens is 1. The van der Waals surface area contributed by atoms with Gasteiger partial charge >= 0.3 is 5.97 Å². The number of hydrogen-bond acceptors (Lipinski definition) is 5. The largest absolute Gasteiger partial charge is 0.455 e. The summed E-state index contributed by atoms with van der Waals surface area (Å²) >= 11 is 8.88. The van der Waals surface area contributed by atoms with Crippen LogP contribution in [0, 0.1) is 5.82 Å². The molecule has 3 rings (SSSR count). The van der Waals surface area contributed by atoms with Crippen molar-refractivity contribution in [1.29, 1.82) is 0 Å². The van der Waals surface area contributed by atoms with Gasteiger partial charge in [-0.1, -0.05) is 17.7 Å². The molecule has 0 radical (unpaired) electrons. The number of carbonyl (C=O) groups is 1. The number of thiazole rings is 1. The standard InChI is InChI=1S/C15H9ClFNO2S2/c16-11-2-1-3-12(17)13(11)15(19)20-6-10-8-22-14(18-10)9-4-5-21-7-9/h1-5,7-8H,6H2. The lowest BCUT2D eigenvalue weighted by Crippen LogP contribution is -2.08. The van der Waals surface area contributed by atoms with Gasteiger partial charge in [-0.2, -0.15) is 11.3 Å². The fraction of sp³-hybridized carbons (Fsp3) is 0.0667. The Morgan fingerprint density at radius 2 is 2.18 bits per heavy atom. The lowest BCUT2D eigenvalue weighted by atomic mass is 10.2. The first kappa shape index (κ1) is 15.1. The molecule has 0 unspecified atom stereocenters. The van der Waals surface area contributed by atoms with Gasteiger partial charge in [0.25, 0.3) is 0 Å². The van der Waals surface area contributed by atoms with Crippen LogP contribution in [0.4, 0.5) is 4.39 Å². The van der Waals surface area contributed by atoms with Gasteiger partial charge in [0.2, 0.25) is 0 Å². The molecule has 7 heteroatoms. The number of nitrogens with zero attached hydrogens (tertiary/aromatic N) is 1. The molecular weight excluding hydrogens is 345 g/mol. The summed E-state index contributed by atoms with van der Waals surface area (Å²) < 4.78 is 18.7. The van der Waals surface area contributed by atoms with Crippen LogP contribution in [-0.2, 0) is 11.3 Å². The predicted octanol–water partition coefficient (Wildman–Crippen LogP) is 5.02. The summed E-state index contributed by atoms with van der Waals surface area (Å²) in [6.07, 6.45) is 0. The van der Waals surface area contributed by atoms with E-state index in [0.717, 1.165) is 10.6 Å². The van der Waals surface area contributed by atoms with E-state index in [1.165, 1.54) is 29.5 Å². The third kappa shape index (κ3) is 3.19. The van der Waals surface area contributed by atoms with Crippen molar-refractivity contribution in [3.8, 4) is 10.6 Å². The van der Waals surface area contributed by atoms with E-state index in [9.17, 15) is 9.18 Å². The third-order valence-corrected chi connectivity index (χ3v) is 4.78. The van der Waals surface area contributed by atoms with Gasteiger partial charge in [0.05, 0.1) is 10.7 Å². The molecule has 2 heterocycles. The summed E-state index contributed by atoms with van der Waals surface area (Å²) in [5, 5.41) is 6.66. The molecule has 3 nitrogen and oxygen atoms in total. The predicted molar refractivity (Wildman–Crippen MR) is 86.0 cm³/mol. The Kier molecular flexibility index (Phi) is 4.52. The molecule has 0 aliphatic heterocycles. The highest BCUT2D eigenvalue weighted by Crippen LogP contribution is 2.26. The summed E-state index contributed by atoms with van der Waals surface area (Å²) in [5.41, 5.74) is 1.40. The van der Waals surface area contributed by atoms with E-state index in [4.69, 9.17) is 16.3 Å². The van der Waals surface area contributed by atoms with E-state index in [1.807, 2.05) is 22.2 Å². The van der Waals surface area contributed by atoms with Crippen molar-refractivity contribution in [3.63, 3.8) is 0 Å². The van der Waals surface area contributed by atoms with Gasteiger partial charge in [-0.05, 0) is 23.6 Å². The lowest BCUT2D eigenvalue weighted by Gasteiger charge is -2.05. The summed E-state index contributed by atoms with van der Waals surface area (Å²) in [6.45, 7) is -0.0237.